The second-order valence-electron chi connectivity index (χ2n) is 9.64. The van der Waals surface area contributed by atoms with Crippen molar-refractivity contribution in [2.75, 3.05) is 0 Å². The second kappa shape index (κ2) is 5.64. The number of carbonyl (C=O) groups excluding carboxylic acids is 1. The molecule has 4 aliphatic rings. The Hall–Kier alpha value is -2.77. The maximum Gasteiger partial charge on any atom is 0.255 e. The number of pyridine rings is 1. The Kier molecular flexibility index (Phi) is 3.33. The molecule has 8 nitrogen and oxygen atoms in total. The van der Waals surface area contributed by atoms with Gasteiger partial charge in [-0.25, -0.2) is 4.52 Å². The number of tetrazole rings is 1. The third-order valence-corrected chi connectivity index (χ3v) is 7.26. The van der Waals surface area contributed by atoms with Crippen molar-refractivity contribution in [3.63, 3.8) is 0 Å². The number of rotatable bonds is 3. The number of fused-ring (bicyclic) bond motifs is 1. The monoisotopic (exact) mass is 391 g/mol. The molecule has 4 fully saturated rings. The zero-order chi connectivity index (χ0) is 19.8. The minimum atomic E-state index is -0.193. The van der Waals surface area contributed by atoms with E-state index >= 15 is 0 Å². The van der Waals surface area contributed by atoms with Crippen LogP contribution in [-0.2, 0) is 5.54 Å². The summed E-state index contributed by atoms with van der Waals surface area (Å²) in [5, 5.41) is 20.9. The van der Waals surface area contributed by atoms with E-state index in [4.69, 9.17) is 0 Å². The van der Waals surface area contributed by atoms with Gasteiger partial charge in [0.15, 0.2) is 5.82 Å². The Balaban J connectivity index is 1.34. The molecule has 7 rings (SSSR count). The quantitative estimate of drug-likeness (QED) is 0.740. The van der Waals surface area contributed by atoms with E-state index in [1.54, 1.807) is 10.7 Å². The number of aromatic nitrogens is 6. The van der Waals surface area contributed by atoms with Gasteiger partial charge in [-0.3, -0.25) is 4.79 Å². The van der Waals surface area contributed by atoms with Crippen molar-refractivity contribution in [2.45, 2.75) is 63.5 Å². The molecule has 4 saturated carbocycles. The van der Waals surface area contributed by atoms with Crippen LogP contribution in [0.4, 0.5) is 0 Å². The molecule has 3 aromatic rings. The molecule has 0 aliphatic heterocycles. The summed E-state index contributed by atoms with van der Waals surface area (Å²) in [5.41, 5.74) is 2.30. The van der Waals surface area contributed by atoms with Crippen molar-refractivity contribution in [3.8, 4) is 0 Å². The fraction of sp³-hybridized carbons (Fsp3) is 0.571. The summed E-state index contributed by atoms with van der Waals surface area (Å²) in [6.07, 6.45) is 10.0. The number of hydrogen-bond donors (Lipinski definition) is 1. The van der Waals surface area contributed by atoms with E-state index < -0.39 is 0 Å². The molecule has 2 atom stereocenters. The number of amides is 1. The Morgan fingerprint density at radius 2 is 1.97 bits per heavy atom. The van der Waals surface area contributed by atoms with Crippen LogP contribution in [-0.4, -0.2) is 41.3 Å². The molecule has 1 N–H and O–H groups in total. The summed E-state index contributed by atoms with van der Waals surface area (Å²) < 4.78 is 1.79. The lowest BCUT2D eigenvalue weighted by Crippen LogP contribution is -2.66. The first-order valence-corrected chi connectivity index (χ1v) is 10.5. The number of nitrogens with one attached hydrogen (secondary N) is 1. The Bertz CT molecular complexity index is 1120. The highest BCUT2D eigenvalue weighted by Gasteiger charge is 2.60. The molecule has 0 spiro atoms. The van der Waals surface area contributed by atoms with E-state index in [9.17, 15) is 4.79 Å². The number of hydrogen-bond acceptors (Lipinski definition) is 5. The summed E-state index contributed by atoms with van der Waals surface area (Å²) >= 11 is 0. The molecule has 1 amide bonds. The van der Waals surface area contributed by atoms with Crippen molar-refractivity contribution >= 4 is 11.4 Å². The molecule has 4 bridgehead atoms. The average molecular weight is 391 g/mol. The van der Waals surface area contributed by atoms with Gasteiger partial charge in [0, 0.05) is 11.7 Å². The van der Waals surface area contributed by atoms with Gasteiger partial charge in [0.1, 0.15) is 0 Å². The lowest BCUT2D eigenvalue weighted by molar-refractivity contribution is -0.0811. The maximum absolute atomic E-state index is 13.3. The van der Waals surface area contributed by atoms with E-state index in [2.05, 4.69) is 25.8 Å². The van der Waals surface area contributed by atoms with Crippen LogP contribution in [0.2, 0.25) is 0 Å². The molecule has 0 radical (unpaired) electrons. The van der Waals surface area contributed by atoms with Crippen LogP contribution in [0.25, 0.3) is 5.52 Å². The van der Waals surface area contributed by atoms with Gasteiger partial charge in [0.05, 0.1) is 22.8 Å². The fourth-order valence-corrected chi connectivity index (χ4v) is 6.65. The SMILES string of the molecule is Cc1ccc2c(C(=O)NC34CC5CC(C3)CC(n3nnc(C)n3)(C5)C4)cnn2c1. The number of aryl methyl sites for hydroxylation is 2. The van der Waals surface area contributed by atoms with Crippen LogP contribution in [0.5, 0.6) is 0 Å². The first-order chi connectivity index (χ1) is 13.9. The molecule has 4 aliphatic carbocycles. The molecular formula is C21H25N7O. The van der Waals surface area contributed by atoms with E-state index in [1.807, 2.05) is 37.0 Å². The van der Waals surface area contributed by atoms with Gasteiger partial charge in [0.2, 0.25) is 0 Å². The lowest BCUT2D eigenvalue weighted by atomic mass is 9.50. The molecule has 0 saturated heterocycles. The van der Waals surface area contributed by atoms with Gasteiger partial charge >= 0.3 is 0 Å². The molecular weight excluding hydrogens is 366 g/mol. The first-order valence-electron chi connectivity index (χ1n) is 10.5. The molecule has 2 unspecified atom stereocenters. The van der Waals surface area contributed by atoms with Crippen molar-refractivity contribution in [1.82, 2.24) is 35.1 Å². The first kappa shape index (κ1) is 17.1. The standard InChI is InChI=1S/C21H25N7O/c1-13-3-4-18-17(10-22-27(18)11-13)19(29)23-20-6-15-5-16(7-20)9-21(8-15,12-20)28-25-14(2)24-26-28/h3-4,10-11,15-16H,5-9,12H2,1-2H3,(H,23,29). The van der Waals surface area contributed by atoms with Crippen LogP contribution < -0.4 is 5.32 Å². The molecule has 150 valence electrons. The molecule has 29 heavy (non-hydrogen) atoms. The molecule has 0 aromatic carbocycles. The third kappa shape index (κ3) is 2.54. The van der Waals surface area contributed by atoms with Gasteiger partial charge in [-0.05, 0) is 81.1 Å². The fourth-order valence-electron chi connectivity index (χ4n) is 6.65. The van der Waals surface area contributed by atoms with Crippen molar-refractivity contribution in [2.24, 2.45) is 11.8 Å². The normalized spacial score (nSPS) is 32.8. The molecule has 8 heteroatoms. The zero-order valence-corrected chi connectivity index (χ0v) is 16.8. The number of nitrogens with zero attached hydrogens (tertiary/aromatic N) is 6. The topological polar surface area (TPSA) is 90.0 Å². The van der Waals surface area contributed by atoms with Crippen LogP contribution in [0.3, 0.4) is 0 Å². The number of carbonyl (C=O) groups is 1. The van der Waals surface area contributed by atoms with Crippen LogP contribution in [0.15, 0.2) is 24.5 Å². The summed E-state index contributed by atoms with van der Waals surface area (Å²) in [7, 11) is 0. The van der Waals surface area contributed by atoms with E-state index in [-0.39, 0.29) is 17.0 Å². The largest absolute Gasteiger partial charge is 0.346 e. The third-order valence-electron chi connectivity index (χ3n) is 7.26. The summed E-state index contributed by atoms with van der Waals surface area (Å²) in [5.74, 6) is 1.90. The Labute approximate surface area is 168 Å². The van der Waals surface area contributed by atoms with E-state index in [0.717, 1.165) is 43.2 Å². The summed E-state index contributed by atoms with van der Waals surface area (Å²) in [6.45, 7) is 3.91. The van der Waals surface area contributed by atoms with Gasteiger partial charge in [-0.15, -0.1) is 10.2 Å². The van der Waals surface area contributed by atoms with E-state index in [1.165, 1.54) is 6.42 Å². The summed E-state index contributed by atoms with van der Waals surface area (Å²) in [6, 6.07) is 3.99. The van der Waals surface area contributed by atoms with Gasteiger partial charge in [-0.1, -0.05) is 6.07 Å². The predicted octanol–water partition coefficient (Wildman–Crippen LogP) is 2.42. The van der Waals surface area contributed by atoms with E-state index in [0.29, 0.717) is 23.2 Å². The highest BCUT2D eigenvalue weighted by atomic mass is 16.1. The minimum absolute atomic E-state index is 0.0244. The summed E-state index contributed by atoms with van der Waals surface area (Å²) in [4.78, 5) is 15.2. The average Bonchev–Trinajstić information content (AvgIpc) is 3.26. The highest BCUT2D eigenvalue weighted by Crippen LogP contribution is 2.60. The van der Waals surface area contributed by atoms with Crippen molar-refractivity contribution < 1.29 is 4.79 Å². The van der Waals surface area contributed by atoms with Crippen molar-refractivity contribution in [1.29, 1.82) is 0 Å². The Morgan fingerprint density at radius 1 is 1.17 bits per heavy atom. The minimum Gasteiger partial charge on any atom is -0.346 e. The molecule has 3 aromatic heterocycles. The van der Waals surface area contributed by atoms with Crippen LogP contribution >= 0.6 is 0 Å². The highest BCUT2D eigenvalue weighted by molar-refractivity contribution is 6.01. The molecule has 3 heterocycles. The zero-order valence-electron chi connectivity index (χ0n) is 16.8. The Morgan fingerprint density at radius 3 is 2.69 bits per heavy atom. The maximum atomic E-state index is 13.3. The van der Waals surface area contributed by atoms with Gasteiger partial charge in [0.25, 0.3) is 5.91 Å². The smallest absolute Gasteiger partial charge is 0.255 e. The second-order valence-corrected chi connectivity index (χ2v) is 9.64. The van der Waals surface area contributed by atoms with Crippen molar-refractivity contribution in [3.05, 3.63) is 41.5 Å². The lowest BCUT2D eigenvalue weighted by Gasteiger charge is -2.61. The predicted molar refractivity (Wildman–Crippen MR) is 105 cm³/mol. The van der Waals surface area contributed by atoms with Crippen LogP contribution in [0, 0.1) is 25.7 Å². The van der Waals surface area contributed by atoms with Gasteiger partial charge in [-0.2, -0.15) is 9.90 Å². The van der Waals surface area contributed by atoms with Gasteiger partial charge < -0.3 is 5.32 Å². The van der Waals surface area contributed by atoms with Crippen LogP contribution in [0.1, 0.15) is 60.3 Å².